The molecule has 2 aromatic rings. The van der Waals surface area contributed by atoms with Crippen molar-refractivity contribution in [3.63, 3.8) is 0 Å². The van der Waals surface area contributed by atoms with Gasteiger partial charge >= 0.3 is 0 Å². The van der Waals surface area contributed by atoms with Gasteiger partial charge in [-0.1, -0.05) is 56.1 Å². The van der Waals surface area contributed by atoms with Crippen LogP contribution in [0.2, 0.25) is 0 Å². The molecule has 1 unspecified atom stereocenters. The highest BCUT2D eigenvalue weighted by Gasteiger charge is 2.35. The van der Waals surface area contributed by atoms with Crippen molar-refractivity contribution in [2.24, 2.45) is 0 Å². The highest BCUT2D eigenvalue weighted by Crippen LogP contribution is 2.38. The molecular formula is C19H17Br2NO. The number of carbonyl (C=O) groups excluding carboxylic acids is 1. The van der Waals surface area contributed by atoms with E-state index >= 15 is 0 Å². The van der Waals surface area contributed by atoms with Crippen molar-refractivity contribution in [2.45, 2.75) is 25.8 Å². The summed E-state index contributed by atoms with van der Waals surface area (Å²) in [5.74, 6) is -0.000382. The second-order valence-electron chi connectivity index (χ2n) is 6.08. The Bertz CT molecular complexity index is 778. The predicted octanol–water partition coefficient (Wildman–Crippen LogP) is 5.42. The minimum atomic E-state index is -0.403. The molecule has 23 heavy (non-hydrogen) atoms. The molecule has 0 spiro atoms. The van der Waals surface area contributed by atoms with Gasteiger partial charge in [-0.2, -0.15) is 0 Å². The molecule has 1 heterocycles. The first-order valence-corrected chi connectivity index (χ1v) is 9.02. The van der Waals surface area contributed by atoms with E-state index in [-0.39, 0.29) is 5.91 Å². The van der Waals surface area contributed by atoms with Crippen LogP contribution in [0.5, 0.6) is 0 Å². The number of benzene rings is 2. The van der Waals surface area contributed by atoms with E-state index in [0.717, 1.165) is 37.6 Å². The zero-order chi connectivity index (χ0) is 16.6. The van der Waals surface area contributed by atoms with Crippen molar-refractivity contribution < 1.29 is 4.79 Å². The molecule has 0 saturated heterocycles. The average molecular weight is 435 g/mol. The van der Waals surface area contributed by atoms with Crippen LogP contribution < -0.4 is 5.32 Å². The van der Waals surface area contributed by atoms with Crippen LogP contribution in [-0.4, -0.2) is 5.91 Å². The third kappa shape index (κ3) is 3.29. The largest absolute Gasteiger partial charge is 0.343 e. The minimum absolute atomic E-state index is 0.000382. The van der Waals surface area contributed by atoms with Gasteiger partial charge in [0.1, 0.15) is 0 Å². The zero-order valence-corrected chi connectivity index (χ0v) is 16.2. The Labute approximate surface area is 153 Å². The molecule has 0 saturated carbocycles. The lowest BCUT2D eigenvalue weighted by Gasteiger charge is -2.37. The molecule has 1 aliphatic heterocycles. The molecule has 2 nitrogen and oxygen atoms in total. The minimum Gasteiger partial charge on any atom is -0.343 e. The Hall–Kier alpha value is -1.39. The summed E-state index contributed by atoms with van der Waals surface area (Å²) in [5, 5.41) is 3.17. The molecule has 2 aromatic carbocycles. The van der Waals surface area contributed by atoms with Gasteiger partial charge in [0.05, 0.1) is 5.54 Å². The normalized spacial score (nSPS) is 21.3. The van der Waals surface area contributed by atoms with Crippen LogP contribution >= 0.6 is 31.9 Å². The van der Waals surface area contributed by atoms with Crippen molar-refractivity contribution in [1.82, 2.24) is 5.32 Å². The molecular weight excluding hydrogens is 418 g/mol. The van der Waals surface area contributed by atoms with Crippen LogP contribution in [0.4, 0.5) is 0 Å². The lowest BCUT2D eigenvalue weighted by molar-refractivity contribution is -0.119. The maximum Gasteiger partial charge on any atom is 0.247 e. The maximum atomic E-state index is 12.5. The monoisotopic (exact) mass is 433 g/mol. The molecule has 1 atom stereocenters. The van der Waals surface area contributed by atoms with Crippen LogP contribution in [0.1, 0.15) is 31.4 Å². The highest BCUT2D eigenvalue weighted by atomic mass is 79.9. The summed E-state index contributed by atoms with van der Waals surface area (Å²) in [5.41, 5.74) is 3.70. The predicted molar refractivity (Wildman–Crippen MR) is 101 cm³/mol. The molecule has 1 amide bonds. The number of carbonyl (C=O) groups is 1. The first-order chi connectivity index (χ1) is 10.9. The number of hydrogen-bond donors (Lipinski definition) is 1. The molecule has 1 aliphatic rings. The van der Waals surface area contributed by atoms with Gasteiger partial charge in [-0.05, 0) is 54.8 Å². The Morgan fingerprint density at radius 1 is 0.957 bits per heavy atom. The Morgan fingerprint density at radius 2 is 1.48 bits per heavy atom. The van der Waals surface area contributed by atoms with Crippen LogP contribution in [0.3, 0.4) is 0 Å². The van der Waals surface area contributed by atoms with Crippen molar-refractivity contribution in [3.8, 4) is 0 Å². The number of hydrogen-bond acceptors (Lipinski definition) is 1. The summed E-state index contributed by atoms with van der Waals surface area (Å²) in [7, 11) is 0. The summed E-state index contributed by atoms with van der Waals surface area (Å²) >= 11 is 6.93. The lowest BCUT2D eigenvalue weighted by atomic mass is 9.79. The fourth-order valence-electron chi connectivity index (χ4n) is 2.97. The van der Waals surface area contributed by atoms with Crippen molar-refractivity contribution >= 4 is 43.3 Å². The first-order valence-electron chi connectivity index (χ1n) is 7.43. The smallest absolute Gasteiger partial charge is 0.247 e. The lowest BCUT2D eigenvalue weighted by Crippen LogP contribution is -2.47. The highest BCUT2D eigenvalue weighted by molar-refractivity contribution is 9.10. The third-order valence-electron chi connectivity index (χ3n) is 4.39. The second kappa shape index (κ2) is 6.25. The Balaban J connectivity index is 2.03. The SMILES string of the molecule is CC1=C(c2ccc(Br)cc2)CC(C)(c2ccc(Br)cc2)NC1=O. The number of rotatable bonds is 2. The molecule has 118 valence electrons. The summed E-state index contributed by atoms with van der Waals surface area (Å²) in [4.78, 5) is 12.5. The topological polar surface area (TPSA) is 29.1 Å². The van der Waals surface area contributed by atoms with Gasteiger partial charge < -0.3 is 5.32 Å². The van der Waals surface area contributed by atoms with E-state index in [1.54, 1.807) is 0 Å². The van der Waals surface area contributed by atoms with Gasteiger partial charge in [-0.25, -0.2) is 0 Å². The second-order valence-corrected chi connectivity index (χ2v) is 7.91. The molecule has 0 aromatic heterocycles. The van der Waals surface area contributed by atoms with Crippen molar-refractivity contribution in [1.29, 1.82) is 0 Å². The standard InChI is InChI=1S/C19H17Br2NO/c1-12-17(13-3-7-15(20)8-4-13)11-19(2,22-18(12)23)14-5-9-16(21)10-6-14/h3-10H,11H2,1-2H3,(H,22,23). The van der Waals surface area contributed by atoms with Crippen molar-refractivity contribution in [3.05, 3.63) is 74.2 Å². The number of amides is 1. The fourth-order valence-corrected chi connectivity index (χ4v) is 3.50. The van der Waals surface area contributed by atoms with E-state index in [1.807, 2.05) is 31.2 Å². The molecule has 1 N–H and O–H groups in total. The Morgan fingerprint density at radius 3 is 2.04 bits per heavy atom. The van der Waals surface area contributed by atoms with Gasteiger partial charge in [-0.3, -0.25) is 4.79 Å². The van der Waals surface area contributed by atoms with Crippen LogP contribution in [0.25, 0.3) is 5.57 Å². The fraction of sp³-hybridized carbons (Fsp3) is 0.211. The number of nitrogens with one attached hydrogen (secondary N) is 1. The van der Waals surface area contributed by atoms with Gasteiger partial charge in [0.25, 0.3) is 0 Å². The zero-order valence-electron chi connectivity index (χ0n) is 13.0. The van der Waals surface area contributed by atoms with Gasteiger partial charge in [0.15, 0.2) is 0 Å². The molecule has 0 bridgehead atoms. The summed E-state index contributed by atoms with van der Waals surface area (Å²) in [6.07, 6.45) is 0.772. The van der Waals surface area contributed by atoms with Gasteiger partial charge in [-0.15, -0.1) is 0 Å². The van der Waals surface area contributed by atoms with E-state index in [4.69, 9.17) is 0 Å². The maximum absolute atomic E-state index is 12.5. The molecule has 0 fully saturated rings. The van der Waals surface area contributed by atoms with Crippen molar-refractivity contribution in [2.75, 3.05) is 0 Å². The summed E-state index contributed by atoms with van der Waals surface area (Å²) < 4.78 is 2.07. The quantitative estimate of drug-likeness (QED) is 0.671. The summed E-state index contributed by atoms with van der Waals surface area (Å²) in [6, 6.07) is 16.3. The molecule has 0 radical (unpaired) electrons. The van der Waals surface area contributed by atoms with E-state index < -0.39 is 5.54 Å². The van der Waals surface area contributed by atoms with Gasteiger partial charge in [0.2, 0.25) is 5.91 Å². The molecule has 4 heteroatoms. The third-order valence-corrected chi connectivity index (χ3v) is 5.44. The van der Waals surface area contributed by atoms with Crippen LogP contribution in [0.15, 0.2) is 63.0 Å². The van der Waals surface area contributed by atoms with Gasteiger partial charge in [0, 0.05) is 20.9 Å². The first kappa shape index (κ1) is 16.5. The van der Waals surface area contributed by atoms with E-state index in [1.165, 1.54) is 0 Å². The summed E-state index contributed by atoms with van der Waals surface area (Å²) in [6.45, 7) is 3.98. The van der Waals surface area contributed by atoms with Crippen LogP contribution in [0, 0.1) is 0 Å². The average Bonchev–Trinajstić information content (AvgIpc) is 2.52. The number of halogens is 2. The van der Waals surface area contributed by atoms with E-state index in [0.29, 0.717) is 0 Å². The van der Waals surface area contributed by atoms with E-state index in [9.17, 15) is 4.79 Å². The molecule has 0 aliphatic carbocycles. The Kier molecular flexibility index (Phi) is 4.47. The van der Waals surface area contributed by atoms with E-state index in [2.05, 4.69) is 68.4 Å². The van der Waals surface area contributed by atoms with Crippen LogP contribution in [-0.2, 0) is 10.3 Å². The molecule has 3 rings (SSSR count).